The molecule has 0 fully saturated rings. The van der Waals surface area contributed by atoms with E-state index in [0.29, 0.717) is 0 Å². The van der Waals surface area contributed by atoms with E-state index in [2.05, 4.69) is 47.5 Å². The lowest BCUT2D eigenvalue weighted by molar-refractivity contribution is 0.411. The third-order valence-corrected chi connectivity index (χ3v) is 3.67. The van der Waals surface area contributed by atoms with Crippen LogP contribution in [0, 0.1) is 11.3 Å². The van der Waals surface area contributed by atoms with Gasteiger partial charge < -0.3 is 4.90 Å². The largest absolute Gasteiger partial charge is 0.372 e. The molecular weight excluding hydrogens is 246 g/mol. The minimum absolute atomic E-state index is 0.376. The average Bonchev–Trinajstić information content (AvgIpc) is 2.48. The quantitative estimate of drug-likeness (QED) is 0.699. The number of hydrogen-bond donors (Lipinski definition) is 1. The van der Waals surface area contributed by atoms with Crippen LogP contribution in [0.1, 0.15) is 40.0 Å². The second-order valence-electron chi connectivity index (χ2n) is 5.35. The number of anilines is 1. The first-order chi connectivity index (χ1) is 9.65. The number of para-hydroxylation sites is 1. The van der Waals surface area contributed by atoms with Crippen molar-refractivity contribution >= 4 is 5.69 Å². The number of benzene rings is 1. The van der Waals surface area contributed by atoms with Gasteiger partial charge in [0.05, 0.1) is 6.07 Å². The highest BCUT2D eigenvalue weighted by atomic mass is 15.1. The predicted molar refractivity (Wildman–Crippen MR) is 85.9 cm³/mol. The molecule has 0 aromatic heterocycles. The van der Waals surface area contributed by atoms with Crippen molar-refractivity contribution in [1.29, 1.82) is 5.26 Å². The van der Waals surface area contributed by atoms with Crippen molar-refractivity contribution in [1.82, 2.24) is 5.32 Å². The Labute approximate surface area is 123 Å². The first-order valence-electron chi connectivity index (χ1n) is 7.61. The summed E-state index contributed by atoms with van der Waals surface area (Å²) in [6, 6.07) is 12.9. The monoisotopic (exact) mass is 273 g/mol. The van der Waals surface area contributed by atoms with Crippen molar-refractivity contribution in [2.24, 2.45) is 0 Å². The molecule has 3 nitrogen and oxygen atoms in total. The summed E-state index contributed by atoms with van der Waals surface area (Å²) >= 11 is 0. The molecule has 3 heteroatoms. The van der Waals surface area contributed by atoms with Gasteiger partial charge in [0.15, 0.2) is 0 Å². The molecule has 1 aromatic rings. The van der Waals surface area contributed by atoms with Gasteiger partial charge in [-0.25, -0.2) is 0 Å². The van der Waals surface area contributed by atoms with Crippen molar-refractivity contribution in [3.05, 3.63) is 30.3 Å². The molecule has 0 radical (unpaired) electrons. The van der Waals surface area contributed by atoms with Crippen LogP contribution in [0.3, 0.4) is 0 Å². The molecule has 1 atom stereocenters. The fourth-order valence-electron chi connectivity index (χ4n) is 2.46. The maximum Gasteiger partial charge on any atom is 0.103 e. The number of nitrogens with one attached hydrogen (secondary N) is 1. The molecule has 1 aromatic carbocycles. The highest BCUT2D eigenvalue weighted by molar-refractivity contribution is 5.45. The van der Waals surface area contributed by atoms with Crippen molar-refractivity contribution < 1.29 is 0 Å². The summed E-state index contributed by atoms with van der Waals surface area (Å²) in [5, 5.41) is 12.5. The molecule has 0 bridgehead atoms. The molecule has 20 heavy (non-hydrogen) atoms. The van der Waals surface area contributed by atoms with Crippen LogP contribution in [0.4, 0.5) is 5.69 Å². The van der Waals surface area contributed by atoms with Crippen LogP contribution in [0.25, 0.3) is 0 Å². The molecule has 1 rings (SSSR count). The third-order valence-electron chi connectivity index (χ3n) is 3.67. The number of nitriles is 1. The van der Waals surface area contributed by atoms with Crippen molar-refractivity contribution in [2.45, 2.75) is 45.6 Å². The van der Waals surface area contributed by atoms with Crippen LogP contribution in [-0.2, 0) is 0 Å². The SMILES string of the molecule is CCNC(C)(C#N)CCCCN(CC)c1ccccc1. The van der Waals surface area contributed by atoms with Gasteiger partial charge in [0.2, 0.25) is 0 Å². The number of nitrogens with zero attached hydrogens (tertiary/aromatic N) is 2. The molecule has 1 unspecified atom stereocenters. The van der Waals surface area contributed by atoms with E-state index in [0.717, 1.165) is 38.9 Å². The third kappa shape index (κ3) is 5.22. The molecule has 0 saturated heterocycles. The van der Waals surface area contributed by atoms with Gasteiger partial charge in [-0.1, -0.05) is 25.1 Å². The smallest absolute Gasteiger partial charge is 0.103 e. The van der Waals surface area contributed by atoms with Crippen molar-refractivity contribution in [3.8, 4) is 6.07 Å². The Kier molecular flexibility index (Phi) is 7.11. The summed E-state index contributed by atoms with van der Waals surface area (Å²) in [6.07, 6.45) is 3.09. The molecule has 0 aliphatic rings. The molecule has 1 N–H and O–H groups in total. The first kappa shape index (κ1) is 16.5. The zero-order valence-corrected chi connectivity index (χ0v) is 13.0. The molecule has 0 saturated carbocycles. The van der Waals surface area contributed by atoms with Gasteiger partial charge in [-0.15, -0.1) is 0 Å². The van der Waals surface area contributed by atoms with Gasteiger partial charge in [-0.05, 0) is 51.8 Å². The van der Waals surface area contributed by atoms with Gasteiger partial charge >= 0.3 is 0 Å². The molecule has 0 aliphatic heterocycles. The highest BCUT2D eigenvalue weighted by Crippen LogP contribution is 2.16. The molecule has 0 aliphatic carbocycles. The molecular formula is C17H27N3. The van der Waals surface area contributed by atoms with Gasteiger partial charge in [0.25, 0.3) is 0 Å². The summed E-state index contributed by atoms with van der Waals surface area (Å²) in [6.45, 7) is 9.14. The maximum atomic E-state index is 9.23. The van der Waals surface area contributed by atoms with Gasteiger partial charge in [-0.2, -0.15) is 5.26 Å². The van der Waals surface area contributed by atoms with Crippen LogP contribution in [0.5, 0.6) is 0 Å². The van der Waals surface area contributed by atoms with Crippen LogP contribution in [0.15, 0.2) is 30.3 Å². The predicted octanol–water partition coefficient (Wildman–Crippen LogP) is 3.57. The highest BCUT2D eigenvalue weighted by Gasteiger charge is 2.21. The molecule has 0 amide bonds. The average molecular weight is 273 g/mol. The molecule has 0 heterocycles. The Morgan fingerprint density at radius 3 is 2.45 bits per heavy atom. The lowest BCUT2D eigenvalue weighted by Gasteiger charge is -2.25. The molecule has 110 valence electrons. The first-order valence-corrected chi connectivity index (χ1v) is 7.61. The maximum absolute atomic E-state index is 9.23. The van der Waals surface area contributed by atoms with Crippen molar-refractivity contribution in [2.75, 3.05) is 24.5 Å². The summed E-state index contributed by atoms with van der Waals surface area (Å²) in [7, 11) is 0. The number of unbranched alkanes of at least 4 members (excludes halogenated alkanes) is 1. The lowest BCUT2D eigenvalue weighted by Crippen LogP contribution is -2.40. The van der Waals surface area contributed by atoms with Gasteiger partial charge in [-0.3, -0.25) is 5.32 Å². The minimum Gasteiger partial charge on any atom is -0.372 e. The fraction of sp³-hybridized carbons (Fsp3) is 0.588. The standard InChI is InChI=1S/C17H27N3/c1-4-19-17(3,15-18)13-9-10-14-20(5-2)16-11-7-6-8-12-16/h6-8,11-12,19H,4-5,9-10,13-14H2,1-3H3. The Bertz CT molecular complexity index is 410. The van der Waals surface area contributed by atoms with E-state index in [1.165, 1.54) is 5.69 Å². The van der Waals surface area contributed by atoms with Crippen LogP contribution >= 0.6 is 0 Å². The molecule has 0 spiro atoms. The Hall–Kier alpha value is -1.53. The lowest BCUT2D eigenvalue weighted by atomic mass is 9.96. The van der Waals surface area contributed by atoms with Gasteiger partial charge in [0, 0.05) is 18.8 Å². The van der Waals surface area contributed by atoms with Gasteiger partial charge in [0.1, 0.15) is 5.54 Å². The Morgan fingerprint density at radius 2 is 1.90 bits per heavy atom. The topological polar surface area (TPSA) is 39.1 Å². The summed E-state index contributed by atoms with van der Waals surface area (Å²) in [4.78, 5) is 2.39. The zero-order chi connectivity index (χ0) is 14.8. The Morgan fingerprint density at radius 1 is 1.20 bits per heavy atom. The second kappa shape index (κ2) is 8.60. The Balaban J connectivity index is 2.38. The van der Waals surface area contributed by atoms with E-state index in [4.69, 9.17) is 0 Å². The van der Waals surface area contributed by atoms with E-state index < -0.39 is 0 Å². The normalized spacial score (nSPS) is 13.5. The zero-order valence-electron chi connectivity index (χ0n) is 13.0. The van der Waals surface area contributed by atoms with E-state index in [1.54, 1.807) is 0 Å². The van der Waals surface area contributed by atoms with Crippen LogP contribution in [0.2, 0.25) is 0 Å². The summed E-state index contributed by atoms with van der Waals surface area (Å²) < 4.78 is 0. The van der Waals surface area contributed by atoms with E-state index >= 15 is 0 Å². The van der Waals surface area contributed by atoms with Crippen molar-refractivity contribution in [3.63, 3.8) is 0 Å². The minimum atomic E-state index is -0.376. The van der Waals surface area contributed by atoms with E-state index in [-0.39, 0.29) is 5.54 Å². The van der Waals surface area contributed by atoms with Crippen LogP contribution < -0.4 is 10.2 Å². The van der Waals surface area contributed by atoms with E-state index in [9.17, 15) is 5.26 Å². The number of hydrogen-bond acceptors (Lipinski definition) is 3. The second-order valence-corrected chi connectivity index (χ2v) is 5.35. The number of rotatable bonds is 9. The fourth-order valence-corrected chi connectivity index (χ4v) is 2.46. The summed E-state index contributed by atoms with van der Waals surface area (Å²) in [5.41, 5.74) is 0.906. The summed E-state index contributed by atoms with van der Waals surface area (Å²) in [5.74, 6) is 0. The van der Waals surface area contributed by atoms with E-state index in [1.807, 2.05) is 19.9 Å². The van der Waals surface area contributed by atoms with Crippen LogP contribution in [-0.4, -0.2) is 25.2 Å².